The van der Waals surface area contributed by atoms with Gasteiger partial charge in [0, 0.05) is 19.4 Å². The molecule has 23 heavy (non-hydrogen) atoms. The molecule has 1 saturated heterocycles. The van der Waals surface area contributed by atoms with Gasteiger partial charge in [0.25, 0.3) is 0 Å². The third-order valence-corrected chi connectivity index (χ3v) is 3.80. The van der Waals surface area contributed by atoms with Crippen molar-refractivity contribution in [2.45, 2.75) is 30.5 Å². The number of hydrogen-bond acceptors (Lipinski definition) is 3. The van der Waals surface area contributed by atoms with Crippen LogP contribution in [0.5, 0.6) is 0 Å². The van der Waals surface area contributed by atoms with Gasteiger partial charge in [-0.05, 0) is 5.56 Å². The molecular formula is C15H16F3NO4. The fourth-order valence-electron chi connectivity index (χ4n) is 2.50. The lowest BCUT2D eigenvalue weighted by Gasteiger charge is -2.26. The van der Waals surface area contributed by atoms with Crippen molar-refractivity contribution >= 4 is 11.9 Å². The Morgan fingerprint density at radius 1 is 1.30 bits per heavy atom. The van der Waals surface area contributed by atoms with Gasteiger partial charge in [-0.25, -0.2) is 4.79 Å². The average Bonchev–Trinajstić information content (AvgIpc) is 2.94. The minimum Gasteiger partial charge on any atom is -0.479 e. The summed E-state index contributed by atoms with van der Waals surface area (Å²) in [5.74, 6) is -4.27. The molecule has 1 aromatic rings. The summed E-state index contributed by atoms with van der Waals surface area (Å²) in [7, 11) is 0. The van der Waals surface area contributed by atoms with Gasteiger partial charge in [0.1, 0.15) is 0 Å². The average molecular weight is 331 g/mol. The van der Waals surface area contributed by atoms with E-state index in [-0.39, 0.29) is 25.2 Å². The van der Waals surface area contributed by atoms with Gasteiger partial charge < -0.3 is 15.2 Å². The lowest BCUT2D eigenvalue weighted by atomic mass is 9.93. The molecule has 1 heterocycles. The quantitative estimate of drug-likeness (QED) is 0.866. The first-order chi connectivity index (χ1) is 10.7. The van der Waals surface area contributed by atoms with Gasteiger partial charge in [0.2, 0.25) is 5.91 Å². The summed E-state index contributed by atoms with van der Waals surface area (Å²) in [6.45, 7) is -0.121. The number of carboxylic acid groups (broad SMARTS) is 1. The Morgan fingerprint density at radius 3 is 2.43 bits per heavy atom. The molecule has 2 rings (SSSR count). The summed E-state index contributed by atoms with van der Waals surface area (Å²) in [5.41, 5.74) is -1.69. The van der Waals surface area contributed by atoms with Crippen LogP contribution in [0.25, 0.3) is 0 Å². The summed E-state index contributed by atoms with van der Waals surface area (Å²) >= 11 is 0. The van der Waals surface area contributed by atoms with Gasteiger partial charge in [-0.2, -0.15) is 13.2 Å². The first kappa shape index (κ1) is 17.3. The van der Waals surface area contributed by atoms with Gasteiger partial charge in [0.15, 0.2) is 5.54 Å². The number of rotatable bonds is 5. The lowest BCUT2D eigenvalue weighted by molar-refractivity contribution is -0.159. The van der Waals surface area contributed by atoms with Crippen molar-refractivity contribution in [1.82, 2.24) is 5.32 Å². The number of amides is 1. The zero-order valence-electron chi connectivity index (χ0n) is 12.1. The summed E-state index contributed by atoms with van der Waals surface area (Å²) in [5, 5.41) is 11.4. The Morgan fingerprint density at radius 2 is 1.96 bits per heavy atom. The second-order valence-corrected chi connectivity index (χ2v) is 5.45. The molecule has 0 aromatic heterocycles. The number of nitrogens with one attached hydrogen (secondary N) is 1. The van der Waals surface area contributed by atoms with Crippen LogP contribution in [-0.4, -0.2) is 41.9 Å². The van der Waals surface area contributed by atoms with Crippen LogP contribution in [0.3, 0.4) is 0 Å². The smallest absolute Gasteiger partial charge is 0.396 e. The molecule has 1 fully saturated rings. The predicted octanol–water partition coefficient (Wildman–Crippen LogP) is 2.08. The number of carboxylic acids is 1. The van der Waals surface area contributed by atoms with Crippen LogP contribution in [0.1, 0.15) is 24.3 Å². The first-order valence-corrected chi connectivity index (χ1v) is 6.98. The monoisotopic (exact) mass is 331 g/mol. The van der Waals surface area contributed by atoms with Crippen LogP contribution in [-0.2, 0) is 14.3 Å². The molecule has 8 heteroatoms. The zero-order chi connectivity index (χ0) is 17.1. The van der Waals surface area contributed by atoms with Gasteiger partial charge in [-0.3, -0.25) is 4.79 Å². The Hall–Kier alpha value is -2.09. The number of hydrogen-bond donors (Lipinski definition) is 2. The molecule has 2 atom stereocenters. The van der Waals surface area contributed by atoms with Crippen LogP contribution in [0, 0.1) is 0 Å². The molecule has 126 valence electrons. The maximum absolute atomic E-state index is 13.2. The van der Waals surface area contributed by atoms with E-state index in [1.54, 1.807) is 6.07 Å². The number of benzene rings is 1. The Bertz CT molecular complexity index is 568. The van der Waals surface area contributed by atoms with Crippen molar-refractivity contribution < 1.29 is 32.6 Å². The SMILES string of the molecule is O=C(CC(c1ccccc1)C(F)(F)F)NC1(C(=O)O)CCOC1. The molecule has 0 aliphatic carbocycles. The van der Waals surface area contributed by atoms with Crippen molar-refractivity contribution in [1.29, 1.82) is 0 Å². The summed E-state index contributed by atoms with van der Waals surface area (Å²) in [6.07, 6.45) is -5.46. The van der Waals surface area contributed by atoms with Gasteiger partial charge in [-0.1, -0.05) is 30.3 Å². The van der Waals surface area contributed by atoms with Crippen molar-refractivity contribution in [3.8, 4) is 0 Å². The second-order valence-electron chi connectivity index (χ2n) is 5.45. The molecule has 2 N–H and O–H groups in total. The number of carbonyl (C=O) groups excluding carboxylic acids is 1. The number of alkyl halides is 3. The minimum atomic E-state index is -4.61. The lowest BCUT2D eigenvalue weighted by Crippen LogP contribution is -2.55. The maximum Gasteiger partial charge on any atom is 0.396 e. The van der Waals surface area contributed by atoms with Crippen LogP contribution in [0.4, 0.5) is 13.2 Å². The Kier molecular flexibility index (Phi) is 4.93. The van der Waals surface area contributed by atoms with Crippen LogP contribution < -0.4 is 5.32 Å². The topological polar surface area (TPSA) is 75.6 Å². The summed E-state index contributed by atoms with van der Waals surface area (Å²) in [4.78, 5) is 23.3. The minimum absolute atomic E-state index is 0.0239. The molecule has 0 bridgehead atoms. The third-order valence-electron chi connectivity index (χ3n) is 3.80. The predicted molar refractivity (Wildman–Crippen MR) is 73.8 cm³/mol. The van der Waals surface area contributed by atoms with E-state index in [1.807, 2.05) is 0 Å². The molecule has 1 aliphatic heterocycles. The van der Waals surface area contributed by atoms with Gasteiger partial charge in [-0.15, -0.1) is 0 Å². The molecule has 2 unspecified atom stereocenters. The van der Waals surface area contributed by atoms with Crippen LogP contribution >= 0.6 is 0 Å². The summed E-state index contributed by atoms with van der Waals surface area (Å²) in [6, 6.07) is 7.06. The number of aliphatic carboxylic acids is 1. The molecule has 1 aromatic carbocycles. The highest BCUT2D eigenvalue weighted by Crippen LogP contribution is 2.37. The Balaban J connectivity index is 2.14. The van der Waals surface area contributed by atoms with E-state index >= 15 is 0 Å². The molecule has 0 spiro atoms. The molecule has 1 aliphatic rings. The normalized spacial score (nSPS) is 22.6. The highest BCUT2D eigenvalue weighted by molar-refractivity contribution is 5.87. The van der Waals surface area contributed by atoms with Crippen molar-refractivity contribution in [3.05, 3.63) is 35.9 Å². The van der Waals surface area contributed by atoms with Crippen molar-refractivity contribution in [2.75, 3.05) is 13.2 Å². The molecule has 1 amide bonds. The fourth-order valence-corrected chi connectivity index (χ4v) is 2.50. The molecule has 5 nitrogen and oxygen atoms in total. The van der Waals surface area contributed by atoms with E-state index in [0.29, 0.717) is 0 Å². The van der Waals surface area contributed by atoms with E-state index in [4.69, 9.17) is 4.74 Å². The maximum atomic E-state index is 13.2. The Labute approximate surface area is 130 Å². The summed E-state index contributed by atoms with van der Waals surface area (Å²) < 4.78 is 44.6. The molecular weight excluding hydrogens is 315 g/mol. The van der Waals surface area contributed by atoms with Gasteiger partial charge >= 0.3 is 12.1 Å². The van der Waals surface area contributed by atoms with Crippen molar-refractivity contribution in [3.63, 3.8) is 0 Å². The van der Waals surface area contributed by atoms with E-state index in [2.05, 4.69) is 5.32 Å². The van der Waals surface area contributed by atoms with Crippen LogP contribution in [0.15, 0.2) is 30.3 Å². The number of ether oxygens (including phenoxy) is 1. The zero-order valence-corrected chi connectivity index (χ0v) is 12.1. The standard InChI is InChI=1S/C15H16F3NO4/c16-15(17,18)11(10-4-2-1-3-5-10)8-12(20)19-14(13(21)22)6-7-23-9-14/h1-5,11H,6-9H2,(H,19,20)(H,21,22). The highest BCUT2D eigenvalue weighted by atomic mass is 19.4. The van der Waals surface area contributed by atoms with Gasteiger partial charge in [0.05, 0.1) is 12.5 Å². The first-order valence-electron chi connectivity index (χ1n) is 6.98. The number of halogens is 3. The molecule has 0 radical (unpaired) electrons. The fraction of sp³-hybridized carbons (Fsp3) is 0.467. The largest absolute Gasteiger partial charge is 0.479 e. The van der Waals surface area contributed by atoms with E-state index in [1.165, 1.54) is 24.3 Å². The number of carbonyl (C=O) groups is 2. The molecule has 0 saturated carbocycles. The van der Waals surface area contributed by atoms with E-state index < -0.39 is 35.9 Å². The second kappa shape index (κ2) is 6.57. The van der Waals surface area contributed by atoms with E-state index in [9.17, 15) is 27.9 Å². The highest BCUT2D eigenvalue weighted by Gasteiger charge is 2.46. The van der Waals surface area contributed by atoms with Crippen molar-refractivity contribution in [2.24, 2.45) is 0 Å². The third kappa shape index (κ3) is 4.01. The van der Waals surface area contributed by atoms with Crippen LogP contribution in [0.2, 0.25) is 0 Å². The van der Waals surface area contributed by atoms with E-state index in [0.717, 1.165) is 0 Å².